The molecule has 1 aliphatic rings. The van der Waals surface area contributed by atoms with Crippen LogP contribution in [0, 0.1) is 0 Å². The Bertz CT molecular complexity index is 777. The van der Waals surface area contributed by atoms with Crippen LogP contribution in [0.25, 0.3) is 0 Å². The maximum atomic E-state index is 12.1. The van der Waals surface area contributed by atoms with E-state index < -0.39 is 0 Å². The molecule has 0 radical (unpaired) electrons. The molecule has 5 heteroatoms. The van der Waals surface area contributed by atoms with Crippen molar-refractivity contribution in [1.29, 1.82) is 0 Å². The van der Waals surface area contributed by atoms with Gasteiger partial charge in [-0.25, -0.2) is 4.98 Å². The summed E-state index contributed by atoms with van der Waals surface area (Å²) in [7, 11) is 3.59. The van der Waals surface area contributed by atoms with E-state index in [4.69, 9.17) is 0 Å². The van der Waals surface area contributed by atoms with E-state index in [1.165, 1.54) is 11.1 Å². The zero-order chi connectivity index (χ0) is 18.9. The van der Waals surface area contributed by atoms with Crippen LogP contribution < -0.4 is 5.32 Å². The molecule has 1 aromatic carbocycles. The Balaban J connectivity index is 1.86. The topological polar surface area (TPSA) is 58.1 Å². The first-order valence-electron chi connectivity index (χ1n) is 9.15. The van der Waals surface area contributed by atoms with Crippen molar-refractivity contribution in [2.45, 2.75) is 51.0 Å². The molecular formula is C21H28N4O. The fraction of sp³-hybridized carbons (Fsp3) is 0.476. The van der Waals surface area contributed by atoms with Crippen molar-refractivity contribution in [3.8, 4) is 0 Å². The molecule has 2 heterocycles. The van der Waals surface area contributed by atoms with Gasteiger partial charge in [-0.2, -0.15) is 0 Å². The van der Waals surface area contributed by atoms with Crippen molar-refractivity contribution >= 4 is 11.7 Å². The molecule has 0 bridgehead atoms. The van der Waals surface area contributed by atoms with Crippen LogP contribution in [0.5, 0.6) is 0 Å². The fourth-order valence-electron chi connectivity index (χ4n) is 3.45. The summed E-state index contributed by atoms with van der Waals surface area (Å²) >= 11 is 0. The lowest BCUT2D eigenvalue weighted by atomic mass is 9.84. The van der Waals surface area contributed by atoms with E-state index in [1.807, 2.05) is 0 Å². The summed E-state index contributed by atoms with van der Waals surface area (Å²) in [4.78, 5) is 22.7. The second kappa shape index (κ2) is 7.06. The minimum absolute atomic E-state index is 0.0939. The zero-order valence-corrected chi connectivity index (χ0v) is 16.3. The van der Waals surface area contributed by atoms with E-state index in [-0.39, 0.29) is 23.3 Å². The average Bonchev–Trinajstić information content (AvgIpc) is 2.97. The minimum atomic E-state index is 0.0939. The minimum Gasteiger partial charge on any atom is -0.361 e. The van der Waals surface area contributed by atoms with E-state index in [0.717, 1.165) is 17.9 Å². The lowest BCUT2D eigenvalue weighted by molar-refractivity contribution is -0.128. The highest BCUT2D eigenvalue weighted by atomic mass is 16.2. The number of aromatic nitrogens is 2. The molecule has 5 nitrogen and oxygen atoms in total. The summed E-state index contributed by atoms with van der Waals surface area (Å²) in [5.41, 5.74) is 3.61. The molecule has 1 aromatic heterocycles. The quantitative estimate of drug-likeness (QED) is 0.907. The Hall–Kier alpha value is -2.43. The average molecular weight is 352 g/mol. The number of carbonyl (C=O) groups excluding carboxylic acids is 1. The Morgan fingerprint density at radius 1 is 1.12 bits per heavy atom. The number of rotatable bonds is 4. The third-order valence-corrected chi connectivity index (χ3v) is 5.08. The molecule has 26 heavy (non-hydrogen) atoms. The molecule has 1 aliphatic heterocycles. The molecular weight excluding hydrogens is 324 g/mol. The second-order valence-corrected chi connectivity index (χ2v) is 8.22. The Kier molecular flexibility index (Phi) is 4.99. The van der Waals surface area contributed by atoms with Crippen LogP contribution in [-0.4, -0.2) is 34.9 Å². The normalized spacial score (nSPS) is 19.0. The number of carbonyl (C=O) groups is 1. The molecule has 0 aliphatic carbocycles. The van der Waals surface area contributed by atoms with Crippen LogP contribution in [0.4, 0.5) is 5.82 Å². The van der Waals surface area contributed by atoms with E-state index in [9.17, 15) is 4.79 Å². The van der Waals surface area contributed by atoms with Crippen molar-refractivity contribution in [3.63, 3.8) is 0 Å². The highest BCUT2D eigenvalue weighted by Gasteiger charge is 2.35. The summed E-state index contributed by atoms with van der Waals surface area (Å²) in [5.74, 6) is 1.12. The maximum Gasteiger partial charge on any atom is 0.222 e. The van der Waals surface area contributed by atoms with Gasteiger partial charge in [-0.15, -0.1) is 0 Å². The first-order chi connectivity index (χ1) is 12.3. The monoisotopic (exact) mass is 352 g/mol. The lowest BCUT2D eigenvalue weighted by Crippen LogP contribution is -2.23. The van der Waals surface area contributed by atoms with Gasteiger partial charge >= 0.3 is 0 Å². The molecule has 1 amide bonds. The summed E-state index contributed by atoms with van der Waals surface area (Å²) in [6, 6.07) is 8.86. The molecule has 0 saturated carbocycles. The third-order valence-electron chi connectivity index (χ3n) is 5.08. The van der Waals surface area contributed by atoms with Gasteiger partial charge in [-0.1, -0.05) is 45.0 Å². The number of hydrogen-bond donors (Lipinski definition) is 1. The molecule has 2 unspecified atom stereocenters. The Morgan fingerprint density at radius 2 is 1.77 bits per heavy atom. The predicted molar refractivity (Wildman–Crippen MR) is 104 cm³/mol. The maximum absolute atomic E-state index is 12.1. The summed E-state index contributed by atoms with van der Waals surface area (Å²) in [6.45, 7) is 6.65. The molecule has 1 N–H and O–H groups in total. The number of benzene rings is 1. The first kappa shape index (κ1) is 18.4. The van der Waals surface area contributed by atoms with E-state index in [0.29, 0.717) is 6.42 Å². The predicted octanol–water partition coefficient (Wildman–Crippen LogP) is 3.89. The Morgan fingerprint density at radius 3 is 2.38 bits per heavy atom. The second-order valence-electron chi connectivity index (χ2n) is 8.22. The van der Waals surface area contributed by atoms with Gasteiger partial charge in [0.15, 0.2) is 0 Å². The van der Waals surface area contributed by atoms with E-state index >= 15 is 0 Å². The van der Waals surface area contributed by atoms with Crippen molar-refractivity contribution in [2.75, 3.05) is 19.4 Å². The largest absolute Gasteiger partial charge is 0.361 e. The van der Waals surface area contributed by atoms with Crippen LogP contribution in [0.3, 0.4) is 0 Å². The van der Waals surface area contributed by atoms with Gasteiger partial charge in [0.2, 0.25) is 5.91 Å². The smallest absolute Gasteiger partial charge is 0.222 e. The number of hydrogen-bond acceptors (Lipinski definition) is 4. The van der Waals surface area contributed by atoms with Crippen molar-refractivity contribution in [2.24, 2.45) is 0 Å². The molecule has 3 rings (SSSR count). The van der Waals surface area contributed by atoms with Crippen molar-refractivity contribution < 1.29 is 4.79 Å². The molecule has 0 saturated heterocycles. The summed E-state index contributed by atoms with van der Waals surface area (Å²) in [6.07, 6.45) is 4.69. The molecule has 2 atom stereocenters. The van der Waals surface area contributed by atoms with Gasteiger partial charge in [0.05, 0.1) is 11.7 Å². The number of nitrogens with zero attached hydrogens (tertiary/aromatic N) is 3. The number of anilines is 1. The van der Waals surface area contributed by atoms with E-state index in [2.05, 4.69) is 60.3 Å². The third kappa shape index (κ3) is 3.71. The molecule has 0 fully saturated rings. The number of nitrogens with one attached hydrogen (secondary N) is 1. The number of fused-ring (bicyclic) bond motifs is 1. The van der Waals surface area contributed by atoms with Crippen LogP contribution in [0.15, 0.2) is 36.7 Å². The van der Waals surface area contributed by atoms with Gasteiger partial charge in [0.25, 0.3) is 0 Å². The van der Waals surface area contributed by atoms with Gasteiger partial charge in [0.1, 0.15) is 5.82 Å². The molecule has 138 valence electrons. The van der Waals surface area contributed by atoms with Gasteiger partial charge in [-0.05, 0) is 23.0 Å². The lowest BCUT2D eigenvalue weighted by Gasteiger charge is -2.23. The SMILES string of the molecule is CN(C)C(=O)CCC1c2nccnc2NC1c1ccc(C(C)(C)C)cc1. The number of amides is 1. The summed E-state index contributed by atoms with van der Waals surface area (Å²) < 4.78 is 0. The first-order valence-corrected chi connectivity index (χ1v) is 9.15. The van der Waals surface area contributed by atoms with Gasteiger partial charge in [-0.3, -0.25) is 9.78 Å². The van der Waals surface area contributed by atoms with Crippen LogP contribution in [0.1, 0.15) is 62.4 Å². The highest BCUT2D eigenvalue weighted by Crippen LogP contribution is 2.44. The van der Waals surface area contributed by atoms with Crippen molar-refractivity contribution in [1.82, 2.24) is 14.9 Å². The van der Waals surface area contributed by atoms with E-state index in [1.54, 1.807) is 31.4 Å². The Labute approximate surface area is 155 Å². The highest BCUT2D eigenvalue weighted by molar-refractivity contribution is 5.75. The van der Waals surface area contributed by atoms with Crippen LogP contribution in [0.2, 0.25) is 0 Å². The van der Waals surface area contributed by atoms with Crippen molar-refractivity contribution in [3.05, 3.63) is 53.5 Å². The van der Waals surface area contributed by atoms with Gasteiger partial charge < -0.3 is 10.2 Å². The summed E-state index contributed by atoms with van der Waals surface area (Å²) in [5, 5.41) is 3.51. The van der Waals surface area contributed by atoms with Crippen LogP contribution in [-0.2, 0) is 10.2 Å². The molecule has 2 aromatic rings. The fourth-order valence-corrected chi connectivity index (χ4v) is 3.45. The molecule has 0 spiro atoms. The standard InChI is InChI=1S/C21H28N4O/c1-21(2,3)15-8-6-14(7-9-15)18-16(10-11-17(26)25(4)5)19-20(24-18)23-13-12-22-19/h6-9,12-13,16,18H,10-11H2,1-5H3,(H,23,24). The zero-order valence-electron chi connectivity index (χ0n) is 16.3. The van der Waals surface area contributed by atoms with Gasteiger partial charge in [0, 0.05) is 38.8 Å². The van der Waals surface area contributed by atoms with Crippen LogP contribution >= 0.6 is 0 Å².